The summed E-state index contributed by atoms with van der Waals surface area (Å²) in [6.07, 6.45) is -0.844. The van der Waals surface area contributed by atoms with Gasteiger partial charge in [0.05, 0.1) is 0 Å². The van der Waals surface area contributed by atoms with Crippen LogP contribution in [0, 0.1) is 0 Å². The number of H-pyrrole nitrogens is 1. The molecule has 0 bridgehead atoms. The van der Waals surface area contributed by atoms with Gasteiger partial charge in [-0.3, -0.25) is 0 Å². The average Bonchev–Trinajstić information content (AvgIpc) is 2.57. The van der Waals surface area contributed by atoms with Crippen LogP contribution in [0.3, 0.4) is 0 Å². The van der Waals surface area contributed by atoms with Crippen LogP contribution in [0.1, 0.15) is 4.94 Å². The molecule has 1 aliphatic heterocycles. The third kappa shape index (κ3) is 2.22. The van der Waals surface area contributed by atoms with Gasteiger partial charge in [-0.05, 0) is 0 Å². The van der Waals surface area contributed by atoms with Crippen molar-refractivity contribution in [2.75, 3.05) is 6.61 Å². The molecule has 1 aliphatic rings. The normalized spacial score (nSPS) is 32.9. The van der Waals surface area contributed by atoms with Crippen LogP contribution in [0.5, 0.6) is 0 Å². The van der Waals surface area contributed by atoms with Gasteiger partial charge in [0.1, 0.15) is 0 Å². The molecule has 1 saturated heterocycles. The molecule has 94 valence electrons. The third-order valence-corrected chi connectivity index (χ3v) is 5.92. The van der Waals surface area contributed by atoms with Crippen LogP contribution in [0.2, 0.25) is 4.82 Å². The number of hydrogen-bond donors (Lipinski definition) is 4. The van der Waals surface area contributed by atoms with Crippen LogP contribution in [-0.2, 0) is 0 Å². The Morgan fingerprint density at radius 3 is 2.59 bits per heavy atom. The van der Waals surface area contributed by atoms with E-state index in [0.29, 0.717) is 0 Å². The molecule has 1 aromatic rings. The Hall–Kier alpha value is -0.921. The summed E-state index contributed by atoms with van der Waals surface area (Å²) in [6, 6.07) is 1.18. The van der Waals surface area contributed by atoms with Crippen LogP contribution >= 0.6 is 0 Å². The van der Waals surface area contributed by atoms with E-state index < -0.39 is 33.2 Å². The van der Waals surface area contributed by atoms with E-state index in [1.54, 1.807) is 0 Å². The number of aliphatic hydroxyl groups excluding tert-OH is 3. The number of aromatic amines is 1. The molecule has 0 spiro atoms. The molecule has 4 atom stereocenters. The van der Waals surface area contributed by atoms with Crippen LogP contribution in [0.4, 0.5) is 0 Å². The Morgan fingerprint density at radius 2 is 2.06 bits per heavy atom. The molecule has 0 saturated carbocycles. The second kappa shape index (κ2) is 4.75. The van der Waals surface area contributed by atoms with Crippen LogP contribution in [0.15, 0.2) is 21.9 Å². The number of aliphatic hydroxyl groups is 3. The van der Waals surface area contributed by atoms with Gasteiger partial charge in [0.2, 0.25) is 0 Å². The fourth-order valence-electron chi connectivity index (χ4n) is 1.74. The fraction of sp³-hybridized carbons (Fsp3) is 0.556. The van der Waals surface area contributed by atoms with E-state index in [1.165, 1.54) is 16.8 Å². The SMILES string of the molecule is O=c1ccn([C@@H]2[Se][C@H](CO)[C@@H](O)[C@@H]2O)c(=O)[nH]1. The molecular formula is C9H12N2O5Se. The van der Waals surface area contributed by atoms with Crippen molar-refractivity contribution >= 4 is 15.0 Å². The summed E-state index contributed by atoms with van der Waals surface area (Å²) in [5.41, 5.74) is -1.13. The first-order chi connectivity index (χ1) is 8.04. The minimum atomic E-state index is -1.10. The summed E-state index contributed by atoms with van der Waals surface area (Å²) in [5, 5.41) is 28.5. The first-order valence-corrected chi connectivity index (χ1v) is 6.96. The van der Waals surface area contributed by atoms with Gasteiger partial charge in [-0.2, -0.15) is 0 Å². The first-order valence-electron chi connectivity index (χ1n) is 4.98. The molecule has 2 rings (SSSR count). The van der Waals surface area contributed by atoms with Gasteiger partial charge in [0.25, 0.3) is 0 Å². The summed E-state index contributed by atoms with van der Waals surface area (Å²) in [5.74, 6) is 0. The van der Waals surface area contributed by atoms with Crippen molar-refractivity contribution in [3.63, 3.8) is 0 Å². The maximum absolute atomic E-state index is 11.5. The van der Waals surface area contributed by atoms with Crippen molar-refractivity contribution in [2.24, 2.45) is 0 Å². The molecule has 17 heavy (non-hydrogen) atoms. The van der Waals surface area contributed by atoms with E-state index in [4.69, 9.17) is 5.11 Å². The fourth-order valence-corrected chi connectivity index (χ4v) is 4.64. The molecule has 0 radical (unpaired) electrons. The molecule has 4 N–H and O–H groups in total. The van der Waals surface area contributed by atoms with Gasteiger partial charge >= 0.3 is 102 Å². The zero-order chi connectivity index (χ0) is 12.6. The summed E-state index contributed by atoms with van der Waals surface area (Å²) >= 11 is -0.324. The zero-order valence-corrected chi connectivity index (χ0v) is 10.4. The summed E-state index contributed by atoms with van der Waals surface area (Å²) in [7, 11) is 0. The molecule has 0 unspecified atom stereocenters. The molecule has 0 aromatic carbocycles. The van der Waals surface area contributed by atoms with Gasteiger partial charge in [-0.1, -0.05) is 0 Å². The van der Waals surface area contributed by atoms with Gasteiger partial charge in [0.15, 0.2) is 0 Å². The van der Waals surface area contributed by atoms with E-state index in [-0.39, 0.29) is 21.6 Å². The van der Waals surface area contributed by atoms with Gasteiger partial charge in [-0.25, -0.2) is 0 Å². The van der Waals surface area contributed by atoms with E-state index in [0.717, 1.165) is 0 Å². The molecule has 1 aromatic heterocycles. The first kappa shape index (κ1) is 12.5. The number of rotatable bonds is 2. The van der Waals surface area contributed by atoms with Crippen molar-refractivity contribution in [3.05, 3.63) is 33.1 Å². The minimum absolute atomic E-state index is 0.229. The van der Waals surface area contributed by atoms with Gasteiger partial charge < -0.3 is 0 Å². The van der Waals surface area contributed by atoms with Crippen molar-refractivity contribution < 1.29 is 15.3 Å². The number of nitrogens with zero attached hydrogens (tertiary/aromatic N) is 1. The number of hydrogen-bond acceptors (Lipinski definition) is 5. The van der Waals surface area contributed by atoms with Crippen molar-refractivity contribution in [1.29, 1.82) is 0 Å². The standard InChI is InChI=1S/C9H12N2O5Se/c12-3-4-6(14)7(15)8(17-4)11-2-1-5(13)10-9(11)16/h1-2,4,6-8,12,14-15H,3H2,(H,10,13,16)/t4-,6-,7+,8-/m1/s1. The van der Waals surface area contributed by atoms with Crippen molar-refractivity contribution in [2.45, 2.75) is 22.0 Å². The summed E-state index contributed by atoms with van der Waals surface area (Å²) in [4.78, 5) is 23.6. The zero-order valence-electron chi connectivity index (χ0n) is 8.68. The molecular weight excluding hydrogens is 295 g/mol. The van der Waals surface area contributed by atoms with Crippen LogP contribution in [0.25, 0.3) is 0 Å². The maximum atomic E-state index is 11.5. The molecule has 2 heterocycles. The molecule has 7 nitrogen and oxygen atoms in total. The molecule has 1 fully saturated rings. The van der Waals surface area contributed by atoms with Crippen LogP contribution in [-0.4, -0.2) is 58.6 Å². The van der Waals surface area contributed by atoms with E-state index in [1.807, 2.05) is 0 Å². The second-order valence-corrected chi connectivity index (χ2v) is 6.60. The Balaban J connectivity index is 2.35. The Kier molecular flexibility index (Phi) is 3.50. The Bertz CT molecular complexity index is 513. The average molecular weight is 307 g/mol. The Morgan fingerprint density at radius 1 is 1.35 bits per heavy atom. The summed E-state index contributed by atoms with van der Waals surface area (Å²) < 4.78 is 1.20. The number of nitrogens with one attached hydrogen (secondary N) is 1. The molecule has 0 amide bonds. The van der Waals surface area contributed by atoms with E-state index in [9.17, 15) is 19.8 Å². The summed E-state index contributed by atoms with van der Waals surface area (Å²) in [6.45, 7) is -0.229. The molecule has 8 heteroatoms. The predicted octanol–water partition coefficient (Wildman–Crippen LogP) is -2.74. The van der Waals surface area contributed by atoms with Crippen molar-refractivity contribution in [3.8, 4) is 0 Å². The number of aromatic nitrogens is 2. The van der Waals surface area contributed by atoms with Gasteiger partial charge in [-0.15, -0.1) is 0 Å². The third-order valence-electron chi connectivity index (χ3n) is 2.64. The molecule has 0 aliphatic carbocycles. The van der Waals surface area contributed by atoms with E-state index in [2.05, 4.69) is 4.98 Å². The van der Waals surface area contributed by atoms with Crippen LogP contribution < -0.4 is 11.2 Å². The topological polar surface area (TPSA) is 116 Å². The Labute approximate surface area is 102 Å². The van der Waals surface area contributed by atoms with E-state index >= 15 is 0 Å². The van der Waals surface area contributed by atoms with Crippen molar-refractivity contribution in [1.82, 2.24) is 9.55 Å². The second-order valence-electron chi connectivity index (χ2n) is 3.75. The van der Waals surface area contributed by atoms with Gasteiger partial charge in [0, 0.05) is 0 Å². The predicted molar refractivity (Wildman–Crippen MR) is 59.0 cm³/mol. The monoisotopic (exact) mass is 308 g/mol. The quantitative estimate of drug-likeness (QED) is 0.442.